The van der Waals surface area contributed by atoms with Gasteiger partial charge in [0.15, 0.2) is 0 Å². The van der Waals surface area contributed by atoms with Crippen LogP contribution in [-0.4, -0.2) is 44.7 Å². The molecule has 5 heteroatoms. The Hall–Kier alpha value is -0.130. The lowest BCUT2D eigenvalue weighted by molar-refractivity contribution is 0.359. The van der Waals surface area contributed by atoms with Crippen LogP contribution in [0.15, 0.2) is 0 Å². The van der Waals surface area contributed by atoms with Gasteiger partial charge in [-0.25, -0.2) is 8.42 Å². The van der Waals surface area contributed by atoms with E-state index in [1.54, 1.807) is 4.31 Å². The fraction of sp³-hybridized carbons (Fsp3) is 1.00. The molecule has 0 aromatic carbocycles. The van der Waals surface area contributed by atoms with E-state index >= 15 is 0 Å². The van der Waals surface area contributed by atoms with Gasteiger partial charge in [0.1, 0.15) is 0 Å². The summed E-state index contributed by atoms with van der Waals surface area (Å²) in [6.07, 6.45) is 6.78. The summed E-state index contributed by atoms with van der Waals surface area (Å²) >= 11 is 0. The summed E-state index contributed by atoms with van der Waals surface area (Å²) in [5, 5.41) is 3.17. The fourth-order valence-electron chi connectivity index (χ4n) is 2.12. The normalized spacial score (nSPS) is 18.4. The molecule has 17 heavy (non-hydrogen) atoms. The van der Waals surface area contributed by atoms with Gasteiger partial charge in [-0.15, -0.1) is 0 Å². The molecule has 0 saturated carbocycles. The van der Waals surface area contributed by atoms with Gasteiger partial charge in [0.2, 0.25) is 10.0 Å². The lowest BCUT2D eigenvalue weighted by atomic mass is 10.1. The number of hydrogen-bond acceptors (Lipinski definition) is 3. The zero-order valence-corrected chi connectivity index (χ0v) is 11.8. The van der Waals surface area contributed by atoms with E-state index in [2.05, 4.69) is 12.2 Å². The SMILES string of the molecule is CCCCCCCCS(=O)(=O)N1CCNCC1. The number of hydrogen-bond donors (Lipinski definition) is 1. The summed E-state index contributed by atoms with van der Waals surface area (Å²) in [4.78, 5) is 0. The maximum Gasteiger partial charge on any atom is 0.214 e. The molecule has 1 saturated heterocycles. The molecule has 1 aliphatic rings. The van der Waals surface area contributed by atoms with Crippen LogP contribution in [-0.2, 0) is 10.0 Å². The van der Waals surface area contributed by atoms with Gasteiger partial charge in [0.05, 0.1) is 5.75 Å². The second-order valence-electron chi connectivity index (χ2n) is 4.73. The van der Waals surface area contributed by atoms with E-state index in [-0.39, 0.29) is 0 Å². The van der Waals surface area contributed by atoms with Crippen molar-refractivity contribution in [3.05, 3.63) is 0 Å². The van der Waals surface area contributed by atoms with Crippen LogP contribution in [0, 0.1) is 0 Å². The molecule has 0 radical (unpaired) electrons. The van der Waals surface area contributed by atoms with Gasteiger partial charge in [0.25, 0.3) is 0 Å². The summed E-state index contributed by atoms with van der Waals surface area (Å²) in [7, 11) is -2.98. The van der Waals surface area contributed by atoms with E-state index in [9.17, 15) is 8.42 Å². The second kappa shape index (κ2) is 8.06. The van der Waals surface area contributed by atoms with Crippen molar-refractivity contribution in [1.29, 1.82) is 0 Å². The molecule has 0 spiro atoms. The van der Waals surface area contributed by atoms with Crippen molar-refractivity contribution in [2.45, 2.75) is 45.4 Å². The first kappa shape index (κ1) is 14.9. The predicted molar refractivity (Wildman–Crippen MR) is 71.6 cm³/mol. The van der Waals surface area contributed by atoms with Gasteiger partial charge in [-0.05, 0) is 6.42 Å². The molecule has 1 rings (SSSR count). The third kappa shape index (κ3) is 5.84. The summed E-state index contributed by atoms with van der Waals surface area (Å²) in [6.45, 7) is 5.04. The quantitative estimate of drug-likeness (QED) is 0.676. The number of nitrogens with zero attached hydrogens (tertiary/aromatic N) is 1. The van der Waals surface area contributed by atoms with Gasteiger partial charge < -0.3 is 5.32 Å². The number of unbranched alkanes of at least 4 members (excludes halogenated alkanes) is 5. The maximum atomic E-state index is 12.0. The van der Waals surface area contributed by atoms with Crippen molar-refractivity contribution < 1.29 is 8.42 Å². The molecule has 0 unspecified atom stereocenters. The predicted octanol–water partition coefficient (Wildman–Crippen LogP) is 1.58. The largest absolute Gasteiger partial charge is 0.314 e. The molecule has 102 valence electrons. The molecule has 0 aliphatic carbocycles. The molecule has 0 aromatic heterocycles. The summed E-state index contributed by atoms with van der Waals surface area (Å²) < 4.78 is 25.6. The van der Waals surface area contributed by atoms with Crippen molar-refractivity contribution in [3.63, 3.8) is 0 Å². The van der Waals surface area contributed by atoms with Crippen molar-refractivity contribution in [2.24, 2.45) is 0 Å². The highest BCUT2D eigenvalue weighted by Crippen LogP contribution is 2.09. The van der Waals surface area contributed by atoms with E-state index in [0.29, 0.717) is 18.8 Å². The van der Waals surface area contributed by atoms with Crippen LogP contribution in [0.4, 0.5) is 0 Å². The van der Waals surface area contributed by atoms with Crippen molar-refractivity contribution in [3.8, 4) is 0 Å². The van der Waals surface area contributed by atoms with E-state index < -0.39 is 10.0 Å². The highest BCUT2D eigenvalue weighted by molar-refractivity contribution is 7.89. The number of nitrogens with one attached hydrogen (secondary N) is 1. The smallest absolute Gasteiger partial charge is 0.214 e. The van der Waals surface area contributed by atoms with Gasteiger partial charge in [0, 0.05) is 26.2 Å². The summed E-state index contributed by atoms with van der Waals surface area (Å²) in [5.74, 6) is 0.332. The Morgan fingerprint density at radius 1 is 1.00 bits per heavy atom. The zero-order chi connectivity index (χ0) is 12.6. The Morgan fingerprint density at radius 2 is 1.59 bits per heavy atom. The van der Waals surface area contributed by atoms with Crippen LogP contribution >= 0.6 is 0 Å². The molecule has 0 atom stereocenters. The van der Waals surface area contributed by atoms with Crippen molar-refractivity contribution in [1.82, 2.24) is 9.62 Å². The Balaban J connectivity index is 2.15. The minimum Gasteiger partial charge on any atom is -0.314 e. The molecular formula is C12H26N2O2S. The number of rotatable bonds is 8. The highest BCUT2D eigenvalue weighted by atomic mass is 32.2. The van der Waals surface area contributed by atoms with Gasteiger partial charge in [-0.2, -0.15) is 4.31 Å². The third-order valence-electron chi connectivity index (χ3n) is 3.23. The number of piperazine rings is 1. The minimum atomic E-state index is -2.98. The molecule has 4 nitrogen and oxygen atoms in total. The minimum absolute atomic E-state index is 0.332. The van der Waals surface area contributed by atoms with E-state index in [4.69, 9.17) is 0 Å². The van der Waals surface area contributed by atoms with E-state index in [0.717, 1.165) is 25.9 Å². The van der Waals surface area contributed by atoms with Gasteiger partial charge in [-0.3, -0.25) is 0 Å². The average Bonchev–Trinajstić information content (AvgIpc) is 2.35. The monoisotopic (exact) mass is 262 g/mol. The summed E-state index contributed by atoms with van der Waals surface area (Å²) in [5.41, 5.74) is 0. The lowest BCUT2D eigenvalue weighted by Gasteiger charge is -2.26. The Morgan fingerprint density at radius 3 is 2.24 bits per heavy atom. The first-order chi connectivity index (χ1) is 8.17. The van der Waals surface area contributed by atoms with E-state index in [1.165, 1.54) is 25.7 Å². The molecule has 0 amide bonds. The van der Waals surface area contributed by atoms with Gasteiger partial charge >= 0.3 is 0 Å². The van der Waals surface area contributed by atoms with Gasteiger partial charge in [-0.1, -0.05) is 39.0 Å². The first-order valence-electron chi connectivity index (χ1n) is 6.85. The van der Waals surface area contributed by atoms with E-state index in [1.807, 2.05) is 0 Å². The van der Waals surface area contributed by atoms with Crippen LogP contribution in [0.2, 0.25) is 0 Å². The molecular weight excluding hydrogens is 236 g/mol. The zero-order valence-electron chi connectivity index (χ0n) is 11.0. The standard InChI is InChI=1S/C12H26N2O2S/c1-2-3-4-5-6-7-12-17(15,16)14-10-8-13-9-11-14/h13H,2-12H2,1H3. The Labute approximate surface area is 106 Å². The first-order valence-corrected chi connectivity index (χ1v) is 8.46. The number of sulfonamides is 1. The van der Waals surface area contributed by atoms with Crippen molar-refractivity contribution in [2.75, 3.05) is 31.9 Å². The third-order valence-corrected chi connectivity index (χ3v) is 5.18. The molecule has 1 heterocycles. The Kier molecular flexibility index (Phi) is 7.08. The molecule has 0 bridgehead atoms. The molecule has 0 aromatic rings. The highest BCUT2D eigenvalue weighted by Gasteiger charge is 2.22. The van der Waals surface area contributed by atoms with Crippen LogP contribution in [0.3, 0.4) is 0 Å². The van der Waals surface area contributed by atoms with Crippen LogP contribution < -0.4 is 5.32 Å². The van der Waals surface area contributed by atoms with Crippen LogP contribution in [0.25, 0.3) is 0 Å². The summed E-state index contributed by atoms with van der Waals surface area (Å²) in [6, 6.07) is 0. The van der Waals surface area contributed by atoms with Crippen LogP contribution in [0.1, 0.15) is 45.4 Å². The molecule has 1 fully saturated rings. The fourth-order valence-corrected chi connectivity index (χ4v) is 3.68. The average molecular weight is 262 g/mol. The lowest BCUT2D eigenvalue weighted by Crippen LogP contribution is -2.47. The Bertz CT molecular complexity index is 285. The molecule has 1 aliphatic heterocycles. The second-order valence-corrected chi connectivity index (χ2v) is 6.82. The maximum absolute atomic E-state index is 12.0. The molecule has 1 N–H and O–H groups in total. The van der Waals surface area contributed by atoms with Crippen LogP contribution in [0.5, 0.6) is 0 Å². The van der Waals surface area contributed by atoms with Crippen molar-refractivity contribution >= 4 is 10.0 Å². The topological polar surface area (TPSA) is 49.4 Å².